The SMILES string of the molecule is COC(=O)C(CCSC)NC(=O)c1nc(SC)ncc1Br. The van der Waals surface area contributed by atoms with E-state index < -0.39 is 17.9 Å². The van der Waals surface area contributed by atoms with Crippen molar-refractivity contribution in [2.24, 2.45) is 0 Å². The van der Waals surface area contributed by atoms with Gasteiger partial charge in [0.1, 0.15) is 11.7 Å². The molecule has 116 valence electrons. The van der Waals surface area contributed by atoms with Gasteiger partial charge in [0.2, 0.25) is 0 Å². The van der Waals surface area contributed by atoms with Crippen LogP contribution in [0.1, 0.15) is 16.9 Å². The summed E-state index contributed by atoms with van der Waals surface area (Å²) in [6, 6.07) is -0.686. The summed E-state index contributed by atoms with van der Waals surface area (Å²) in [5.74, 6) is -0.162. The molecule has 0 aliphatic heterocycles. The molecule has 1 aromatic heterocycles. The van der Waals surface area contributed by atoms with Crippen LogP contribution < -0.4 is 5.32 Å². The molecule has 1 atom stereocenters. The monoisotopic (exact) mass is 393 g/mol. The Morgan fingerprint density at radius 1 is 1.48 bits per heavy atom. The molecule has 0 aromatic carbocycles. The molecule has 1 unspecified atom stereocenters. The van der Waals surface area contributed by atoms with Crippen LogP contribution in [-0.2, 0) is 9.53 Å². The molecular formula is C12H16BrN3O3S2. The molecule has 0 radical (unpaired) electrons. The topological polar surface area (TPSA) is 81.2 Å². The van der Waals surface area contributed by atoms with Crippen molar-refractivity contribution in [3.05, 3.63) is 16.4 Å². The first-order valence-electron chi connectivity index (χ1n) is 5.97. The summed E-state index contributed by atoms with van der Waals surface area (Å²) in [5.41, 5.74) is 0.201. The van der Waals surface area contributed by atoms with Gasteiger partial charge in [-0.05, 0) is 40.6 Å². The molecule has 0 fully saturated rings. The fourth-order valence-electron chi connectivity index (χ4n) is 1.46. The van der Waals surface area contributed by atoms with Gasteiger partial charge in [-0.25, -0.2) is 14.8 Å². The number of thioether (sulfide) groups is 2. The van der Waals surface area contributed by atoms with Gasteiger partial charge < -0.3 is 10.1 Å². The summed E-state index contributed by atoms with van der Waals surface area (Å²) >= 11 is 6.17. The quantitative estimate of drug-likeness (QED) is 0.430. The lowest BCUT2D eigenvalue weighted by Crippen LogP contribution is -2.42. The molecule has 0 bridgehead atoms. The third kappa shape index (κ3) is 5.48. The number of aromatic nitrogens is 2. The number of methoxy groups -OCH3 is 1. The average Bonchev–Trinajstić information content (AvgIpc) is 2.50. The largest absolute Gasteiger partial charge is 0.467 e. The first kappa shape index (κ1) is 18.2. The molecule has 0 spiro atoms. The van der Waals surface area contributed by atoms with Crippen LogP contribution >= 0.6 is 39.5 Å². The molecule has 1 N–H and O–H groups in total. The maximum absolute atomic E-state index is 12.3. The molecule has 1 heterocycles. The third-order valence-corrected chi connectivity index (χ3v) is 4.31. The standard InChI is InChI=1S/C12H16BrN3O3S2/c1-19-11(18)8(4-5-20-2)15-10(17)9-7(13)6-14-12(16-9)21-3/h6,8H,4-5H2,1-3H3,(H,15,17). The van der Waals surface area contributed by atoms with Gasteiger partial charge in [-0.2, -0.15) is 11.8 Å². The zero-order valence-electron chi connectivity index (χ0n) is 11.9. The summed E-state index contributed by atoms with van der Waals surface area (Å²) in [5, 5.41) is 3.14. The van der Waals surface area contributed by atoms with Gasteiger partial charge in [0.25, 0.3) is 5.91 Å². The highest BCUT2D eigenvalue weighted by atomic mass is 79.9. The van der Waals surface area contributed by atoms with Gasteiger partial charge in [0, 0.05) is 6.20 Å². The van der Waals surface area contributed by atoms with E-state index in [2.05, 4.69) is 31.2 Å². The van der Waals surface area contributed by atoms with E-state index in [1.165, 1.54) is 25.1 Å². The van der Waals surface area contributed by atoms with Gasteiger partial charge in [0.15, 0.2) is 5.16 Å². The van der Waals surface area contributed by atoms with Crippen molar-refractivity contribution >= 4 is 51.3 Å². The van der Waals surface area contributed by atoms with Crippen molar-refractivity contribution in [2.75, 3.05) is 25.4 Å². The van der Waals surface area contributed by atoms with Crippen LogP contribution in [0.5, 0.6) is 0 Å². The predicted octanol–water partition coefficient (Wildman–Crippen LogP) is 1.99. The van der Waals surface area contributed by atoms with Crippen molar-refractivity contribution in [3.8, 4) is 0 Å². The number of hydrogen-bond acceptors (Lipinski definition) is 7. The van der Waals surface area contributed by atoms with Gasteiger partial charge in [-0.3, -0.25) is 4.79 Å². The minimum Gasteiger partial charge on any atom is -0.467 e. The van der Waals surface area contributed by atoms with Gasteiger partial charge in [0.05, 0.1) is 11.6 Å². The highest BCUT2D eigenvalue weighted by Crippen LogP contribution is 2.17. The Hall–Kier alpha value is -0.800. The highest BCUT2D eigenvalue weighted by molar-refractivity contribution is 9.10. The highest BCUT2D eigenvalue weighted by Gasteiger charge is 2.23. The van der Waals surface area contributed by atoms with E-state index in [9.17, 15) is 9.59 Å². The Kier molecular flexibility index (Phi) is 8.05. The third-order valence-electron chi connectivity index (χ3n) is 2.52. The molecule has 0 saturated heterocycles. The van der Waals surface area contributed by atoms with Crippen LogP contribution in [0, 0.1) is 0 Å². The fourth-order valence-corrected chi connectivity index (χ4v) is 2.65. The molecule has 1 aromatic rings. The van der Waals surface area contributed by atoms with E-state index in [1.54, 1.807) is 11.8 Å². The van der Waals surface area contributed by atoms with Crippen LogP contribution in [0.2, 0.25) is 0 Å². The Morgan fingerprint density at radius 3 is 2.76 bits per heavy atom. The first-order chi connectivity index (χ1) is 10.0. The van der Waals surface area contributed by atoms with E-state index in [4.69, 9.17) is 4.74 Å². The number of esters is 1. The lowest BCUT2D eigenvalue weighted by molar-refractivity contribution is -0.142. The van der Waals surface area contributed by atoms with Crippen LogP contribution in [0.3, 0.4) is 0 Å². The number of carbonyl (C=O) groups is 2. The summed E-state index contributed by atoms with van der Waals surface area (Å²) in [7, 11) is 1.30. The summed E-state index contributed by atoms with van der Waals surface area (Å²) in [6.07, 6.45) is 5.77. The number of ether oxygens (including phenoxy) is 1. The second-order valence-electron chi connectivity index (χ2n) is 3.88. The number of amides is 1. The molecule has 6 nitrogen and oxygen atoms in total. The van der Waals surface area contributed by atoms with Crippen molar-refractivity contribution < 1.29 is 14.3 Å². The van der Waals surface area contributed by atoms with Crippen molar-refractivity contribution in [1.82, 2.24) is 15.3 Å². The lowest BCUT2D eigenvalue weighted by Gasteiger charge is -2.16. The molecule has 1 amide bonds. The lowest BCUT2D eigenvalue weighted by atomic mass is 10.2. The Morgan fingerprint density at radius 2 is 2.19 bits per heavy atom. The molecule has 1 rings (SSSR count). The molecule has 9 heteroatoms. The number of carbonyl (C=O) groups excluding carboxylic acids is 2. The fraction of sp³-hybridized carbons (Fsp3) is 0.500. The second-order valence-corrected chi connectivity index (χ2v) is 6.50. The number of hydrogen-bond donors (Lipinski definition) is 1. The summed E-state index contributed by atoms with van der Waals surface area (Å²) < 4.78 is 5.19. The number of rotatable bonds is 7. The maximum atomic E-state index is 12.3. The Bertz CT molecular complexity index is 517. The number of nitrogens with zero attached hydrogens (tertiary/aromatic N) is 2. The van der Waals surface area contributed by atoms with E-state index in [0.29, 0.717) is 16.0 Å². The average molecular weight is 394 g/mol. The van der Waals surface area contributed by atoms with Crippen LogP contribution in [0.4, 0.5) is 0 Å². The van der Waals surface area contributed by atoms with Gasteiger partial charge in [-0.1, -0.05) is 11.8 Å². The first-order valence-corrected chi connectivity index (χ1v) is 9.38. The predicted molar refractivity (Wildman–Crippen MR) is 87.8 cm³/mol. The molecule has 21 heavy (non-hydrogen) atoms. The Balaban J connectivity index is 2.88. The smallest absolute Gasteiger partial charge is 0.328 e. The normalized spacial score (nSPS) is 11.8. The van der Waals surface area contributed by atoms with Crippen LogP contribution in [-0.4, -0.2) is 53.3 Å². The number of nitrogens with one attached hydrogen (secondary N) is 1. The summed E-state index contributed by atoms with van der Waals surface area (Å²) in [6.45, 7) is 0. The summed E-state index contributed by atoms with van der Waals surface area (Å²) in [4.78, 5) is 32.2. The van der Waals surface area contributed by atoms with Crippen molar-refractivity contribution in [3.63, 3.8) is 0 Å². The van der Waals surface area contributed by atoms with Crippen LogP contribution in [0.25, 0.3) is 0 Å². The van der Waals surface area contributed by atoms with E-state index >= 15 is 0 Å². The molecular weight excluding hydrogens is 378 g/mol. The second kappa shape index (κ2) is 9.26. The minimum absolute atomic E-state index is 0.201. The molecule has 0 saturated carbocycles. The van der Waals surface area contributed by atoms with E-state index in [-0.39, 0.29) is 5.69 Å². The van der Waals surface area contributed by atoms with Crippen LogP contribution in [0.15, 0.2) is 15.8 Å². The zero-order valence-corrected chi connectivity index (χ0v) is 15.1. The van der Waals surface area contributed by atoms with Gasteiger partial charge in [-0.15, -0.1) is 0 Å². The number of halogens is 1. The minimum atomic E-state index is -0.686. The van der Waals surface area contributed by atoms with E-state index in [1.807, 2.05) is 12.5 Å². The van der Waals surface area contributed by atoms with Crippen molar-refractivity contribution in [1.29, 1.82) is 0 Å². The van der Waals surface area contributed by atoms with Gasteiger partial charge >= 0.3 is 5.97 Å². The zero-order chi connectivity index (χ0) is 15.8. The van der Waals surface area contributed by atoms with Crippen molar-refractivity contribution in [2.45, 2.75) is 17.6 Å². The molecule has 0 aliphatic carbocycles. The Labute approximate surface area is 140 Å². The molecule has 0 aliphatic rings. The van der Waals surface area contributed by atoms with E-state index in [0.717, 1.165) is 5.75 Å². The maximum Gasteiger partial charge on any atom is 0.328 e.